The Hall–Kier alpha value is -2.81. The van der Waals surface area contributed by atoms with E-state index >= 15 is 0 Å². The summed E-state index contributed by atoms with van der Waals surface area (Å²) in [7, 11) is 0. The molecule has 1 unspecified atom stereocenters. The number of aromatic nitrogens is 2. The molecule has 1 aliphatic rings. The molecule has 2 aromatic rings. The van der Waals surface area contributed by atoms with Gasteiger partial charge in [0, 0.05) is 37.2 Å². The van der Waals surface area contributed by atoms with E-state index in [1.165, 1.54) is 13.1 Å². The van der Waals surface area contributed by atoms with E-state index < -0.39 is 24.4 Å². The van der Waals surface area contributed by atoms with Crippen LogP contribution >= 0.6 is 11.6 Å². The number of amides is 2. The maximum Gasteiger partial charge on any atom is 0.273 e. The van der Waals surface area contributed by atoms with Crippen LogP contribution in [0.25, 0.3) is 0 Å². The zero-order valence-corrected chi connectivity index (χ0v) is 17.3. The summed E-state index contributed by atoms with van der Waals surface area (Å²) in [5.41, 5.74) is 0.615. The summed E-state index contributed by atoms with van der Waals surface area (Å²) < 4.78 is 28.1. The molecule has 2 amide bonds. The maximum atomic E-state index is 14.1. The third-order valence-corrected chi connectivity index (χ3v) is 5.05. The van der Waals surface area contributed by atoms with Gasteiger partial charge in [-0.1, -0.05) is 17.7 Å². The van der Waals surface area contributed by atoms with Gasteiger partial charge in [-0.15, -0.1) is 0 Å². The second kappa shape index (κ2) is 8.91. The lowest BCUT2D eigenvalue weighted by Crippen LogP contribution is -2.55. The lowest BCUT2D eigenvalue weighted by atomic mass is 9.98. The molecule has 2 aromatic heterocycles. The molecule has 30 heavy (non-hydrogen) atoms. The van der Waals surface area contributed by atoms with Gasteiger partial charge in [-0.2, -0.15) is 0 Å². The molecule has 10 heteroatoms. The van der Waals surface area contributed by atoms with Crippen LogP contribution in [0.5, 0.6) is 0 Å². The molecule has 7 nitrogen and oxygen atoms in total. The zero-order chi connectivity index (χ0) is 21.9. The highest BCUT2D eigenvalue weighted by atomic mass is 35.5. The van der Waals surface area contributed by atoms with Crippen LogP contribution in [0, 0.1) is 6.92 Å². The van der Waals surface area contributed by atoms with Crippen molar-refractivity contribution in [2.24, 2.45) is 0 Å². The molecule has 3 heterocycles. The van der Waals surface area contributed by atoms with Gasteiger partial charge in [0.05, 0.1) is 6.54 Å². The van der Waals surface area contributed by atoms with Crippen molar-refractivity contribution in [2.45, 2.75) is 38.7 Å². The fraction of sp³-hybridized carbons (Fsp3) is 0.400. The number of pyridine rings is 2. The van der Waals surface area contributed by atoms with Crippen molar-refractivity contribution in [2.75, 3.05) is 18.4 Å². The Morgan fingerprint density at radius 3 is 2.77 bits per heavy atom. The summed E-state index contributed by atoms with van der Waals surface area (Å²) in [6, 6.07) is 6.02. The Kier molecular flexibility index (Phi) is 6.50. The van der Waals surface area contributed by atoms with E-state index in [0.29, 0.717) is 22.2 Å². The second-order valence-corrected chi connectivity index (χ2v) is 7.70. The molecule has 0 bridgehead atoms. The van der Waals surface area contributed by atoms with E-state index in [2.05, 4.69) is 20.6 Å². The number of nitrogens with one attached hydrogen (secondary N) is 2. The summed E-state index contributed by atoms with van der Waals surface area (Å²) in [6.45, 7) is 2.42. The topological polar surface area (TPSA) is 87.2 Å². The molecule has 2 N–H and O–H groups in total. The normalized spacial score (nSPS) is 18.0. The number of nitrogens with zero attached hydrogens (tertiary/aromatic N) is 3. The first kappa shape index (κ1) is 21.9. The summed E-state index contributed by atoms with van der Waals surface area (Å²) >= 11 is 5.95. The van der Waals surface area contributed by atoms with Crippen LogP contribution in [0.4, 0.5) is 20.4 Å². The summed E-state index contributed by atoms with van der Waals surface area (Å²) in [5.74, 6) is -3.11. The van der Waals surface area contributed by atoms with Crippen molar-refractivity contribution in [3.8, 4) is 0 Å². The Balaban J connectivity index is 1.86. The largest absolute Gasteiger partial charge is 0.354 e. The van der Waals surface area contributed by atoms with Crippen LogP contribution in [-0.2, 0) is 4.79 Å². The van der Waals surface area contributed by atoms with Gasteiger partial charge in [-0.05, 0) is 37.1 Å². The van der Waals surface area contributed by atoms with Gasteiger partial charge in [0.2, 0.25) is 5.91 Å². The van der Waals surface area contributed by atoms with Crippen molar-refractivity contribution < 1.29 is 18.4 Å². The third kappa shape index (κ3) is 5.41. The number of aryl methyl sites for hydroxylation is 1. The maximum absolute atomic E-state index is 14.1. The highest BCUT2D eigenvalue weighted by Gasteiger charge is 2.42. The number of alkyl halides is 2. The monoisotopic (exact) mass is 437 g/mol. The molecule has 0 spiro atoms. The first-order valence-corrected chi connectivity index (χ1v) is 9.82. The van der Waals surface area contributed by atoms with Crippen LogP contribution in [0.1, 0.15) is 35.8 Å². The second-order valence-electron chi connectivity index (χ2n) is 7.26. The molecule has 1 aliphatic heterocycles. The van der Waals surface area contributed by atoms with E-state index in [-0.39, 0.29) is 31.0 Å². The molecule has 0 saturated carbocycles. The number of anilines is 2. The number of hydrogen-bond donors (Lipinski definition) is 2. The Morgan fingerprint density at radius 1 is 1.30 bits per heavy atom. The SMILES string of the molecule is CC(=O)NCC1CCC(F)(F)CN1C(=O)c1nc(Nc2cc(Cl)ccn2)ccc1C. The van der Waals surface area contributed by atoms with E-state index in [1.807, 2.05) is 0 Å². The first-order valence-electron chi connectivity index (χ1n) is 9.44. The first-order chi connectivity index (χ1) is 14.1. The standard InChI is InChI=1S/C20H22ClF2N5O2/c1-12-3-4-16(26-17-9-14(21)6-8-24-17)27-18(12)19(30)28-11-20(22,23)7-5-15(28)10-25-13(2)29/h3-4,6,8-9,15H,5,7,10-11H2,1-2H3,(H,25,29)(H,24,26,27). The predicted octanol–water partition coefficient (Wildman–Crippen LogP) is 3.56. The van der Waals surface area contributed by atoms with E-state index in [4.69, 9.17) is 11.6 Å². The number of piperidine rings is 1. The average Bonchev–Trinajstić information content (AvgIpc) is 2.67. The molecular weight excluding hydrogens is 416 g/mol. The minimum atomic E-state index is -2.99. The van der Waals surface area contributed by atoms with Gasteiger partial charge in [-0.25, -0.2) is 18.7 Å². The highest BCUT2D eigenvalue weighted by molar-refractivity contribution is 6.30. The smallest absolute Gasteiger partial charge is 0.273 e. The molecule has 0 aromatic carbocycles. The zero-order valence-electron chi connectivity index (χ0n) is 16.6. The van der Waals surface area contributed by atoms with Gasteiger partial charge in [-0.3, -0.25) is 9.59 Å². The Labute approximate surface area is 177 Å². The molecule has 160 valence electrons. The van der Waals surface area contributed by atoms with Crippen molar-refractivity contribution in [3.05, 3.63) is 46.7 Å². The van der Waals surface area contributed by atoms with Gasteiger partial charge in [0.25, 0.3) is 11.8 Å². The molecule has 3 rings (SSSR count). The van der Waals surface area contributed by atoms with Crippen LogP contribution < -0.4 is 10.6 Å². The number of likely N-dealkylation sites (tertiary alicyclic amines) is 1. The highest BCUT2D eigenvalue weighted by Crippen LogP contribution is 2.31. The summed E-state index contributed by atoms with van der Waals surface area (Å²) in [6.07, 6.45) is 1.27. The molecule has 1 fully saturated rings. The number of hydrogen-bond acceptors (Lipinski definition) is 5. The van der Waals surface area contributed by atoms with Gasteiger partial charge < -0.3 is 15.5 Å². The Bertz CT molecular complexity index is 957. The van der Waals surface area contributed by atoms with E-state index in [0.717, 1.165) is 4.90 Å². The molecule has 0 aliphatic carbocycles. The summed E-state index contributed by atoms with van der Waals surface area (Å²) in [4.78, 5) is 34.0. The number of carbonyl (C=O) groups is 2. The fourth-order valence-electron chi connectivity index (χ4n) is 3.26. The summed E-state index contributed by atoms with van der Waals surface area (Å²) in [5, 5.41) is 6.05. The van der Waals surface area contributed by atoms with Crippen LogP contribution in [-0.4, -0.2) is 51.7 Å². The average molecular weight is 438 g/mol. The van der Waals surface area contributed by atoms with Crippen LogP contribution in [0.3, 0.4) is 0 Å². The van der Waals surface area contributed by atoms with Crippen LogP contribution in [0.15, 0.2) is 30.5 Å². The minimum Gasteiger partial charge on any atom is -0.354 e. The van der Waals surface area contributed by atoms with Gasteiger partial charge in [0.15, 0.2) is 0 Å². The fourth-order valence-corrected chi connectivity index (χ4v) is 3.42. The number of rotatable bonds is 5. The lowest BCUT2D eigenvalue weighted by molar-refractivity contribution is -0.119. The van der Waals surface area contributed by atoms with E-state index in [1.54, 1.807) is 31.2 Å². The Morgan fingerprint density at radius 2 is 2.07 bits per heavy atom. The number of carbonyl (C=O) groups excluding carboxylic acids is 2. The molecular formula is C20H22ClF2N5O2. The molecule has 1 atom stereocenters. The molecule has 1 saturated heterocycles. The van der Waals surface area contributed by atoms with Crippen molar-refractivity contribution in [1.82, 2.24) is 20.2 Å². The predicted molar refractivity (Wildman–Crippen MR) is 109 cm³/mol. The van der Waals surface area contributed by atoms with Crippen LogP contribution in [0.2, 0.25) is 5.02 Å². The lowest BCUT2D eigenvalue weighted by Gasteiger charge is -2.39. The quantitative estimate of drug-likeness (QED) is 0.746. The van der Waals surface area contributed by atoms with E-state index in [9.17, 15) is 18.4 Å². The molecule has 0 radical (unpaired) electrons. The van der Waals surface area contributed by atoms with Crippen molar-refractivity contribution in [3.63, 3.8) is 0 Å². The van der Waals surface area contributed by atoms with Crippen molar-refractivity contribution >= 4 is 35.1 Å². The van der Waals surface area contributed by atoms with Crippen molar-refractivity contribution in [1.29, 1.82) is 0 Å². The third-order valence-electron chi connectivity index (χ3n) is 4.81. The van der Waals surface area contributed by atoms with Gasteiger partial charge >= 0.3 is 0 Å². The van der Waals surface area contributed by atoms with Gasteiger partial charge in [0.1, 0.15) is 17.3 Å². The minimum absolute atomic E-state index is 0.0625. The number of halogens is 3.